The van der Waals surface area contributed by atoms with E-state index in [1.165, 1.54) is 11.0 Å². The molecule has 1 N–H and O–H groups in total. The summed E-state index contributed by atoms with van der Waals surface area (Å²) >= 11 is 0. The van der Waals surface area contributed by atoms with Crippen LogP contribution in [0.2, 0.25) is 0 Å². The van der Waals surface area contributed by atoms with Crippen molar-refractivity contribution in [3.05, 3.63) is 46.9 Å². The molecule has 192 valence electrons. The number of hydrogen-bond donors (Lipinski definition) is 1. The molecule has 0 unspecified atom stereocenters. The van der Waals surface area contributed by atoms with Crippen LogP contribution in [0.3, 0.4) is 0 Å². The number of carbonyl (C=O) groups excluding carboxylic acids is 3. The molecule has 35 heavy (non-hydrogen) atoms. The predicted octanol–water partition coefficient (Wildman–Crippen LogP) is 3.31. The van der Waals surface area contributed by atoms with Crippen LogP contribution in [0, 0.1) is 11.7 Å². The molecule has 1 saturated heterocycles. The van der Waals surface area contributed by atoms with E-state index in [1.807, 2.05) is 32.6 Å². The highest BCUT2D eigenvalue weighted by Crippen LogP contribution is 2.33. The fraction of sp³-hybridized carbons (Fsp3) is 0.577. The first kappa shape index (κ1) is 26.7. The quantitative estimate of drug-likeness (QED) is 0.568. The topological polar surface area (TPSA) is 82.2 Å². The monoisotopic (exact) mass is 488 g/mol. The Morgan fingerprint density at radius 1 is 1.20 bits per heavy atom. The van der Waals surface area contributed by atoms with Crippen LogP contribution in [-0.2, 0) is 14.3 Å². The smallest absolute Gasteiger partial charge is 0.338 e. The molecule has 0 saturated carbocycles. The van der Waals surface area contributed by atoms with Crippen LogP contribution < -0.4 is 5.32 Å². The molecule has 1 fully saturated rings. The van der Waals surface area contributed by atoms with Crippen molar-refractivity contribution in [2.45, 2.75) is 53.1 Å². The van der Waals surface area contributed by atoms with Gasteiger partial charge in [-0.3, -0.25) is 14.6 Å². The third-order valence-corrected chi connectivity index (χ3v) is 6.45. The molecule has 0 aliphatic carbocycles. The summed E-state index contributed by atoms with van der Waals surface area (Å²) in [7, 11) is 0. The first-order valence-corrected chi connectivity index (χ1v) is 12.4. The second-order valence-electron chi connectivity index (χ2n) is 9.50. The highest BCUT2D eigenvalue weighted by Gasteiger charge is 2.40. The normalized spacial score (nSPS) is 21.4. The fourth-order valence-corrected chi connectivity index (χ4v) is 4.83. The zero-order valence-electron chi connectivity index (χ0n) is 21.3. The zero-order chi connectivity index (χ0) is 25.7. The highest BCUT2D eigenvalue weighted by atomic mass is 19.1. The van der Waals surface area contributed by atoms with Gasteiger partial charge in [-0.25, -0.2) is 14.0 Å². The molecule has 1 aromatic rings. The Labute approximate surface area is 207 Å². The molecule has 1 aromatic carbocycles. The number of nitrogens with zero attached hydrogens (tertiary/aromatic N) is 3. The maximum absolute atomic E-state index is 14.8. The number of likely N-dealkylation sites (N-methyl/N-ethyl adjacent to an activating group) is 1. The highest BCUT2D eigenvalue weighted by molar-refractivity contribution is 5.95. The van der Waals surface area contributed by atoms with Crippen molar-refractivity contribution in [2.75, 3.05) is 39.3 Å². The van der Waals surface area contributed by atoms with E-state index in [2.05, 4.69) is 10.2 Å². The maximum Gasteiger partial charge on any atom is 0.338 e. The van der Waals surface area contributed by atoms with Crippen LogP contribution in [0.1, 0.15) is 52.6 Å². The summed E-state index contributed by atoms with van der Waals surface area (Å²) in [6.45, 7) is 12.2. The number of carbonyl (C=O) groups is 3. The number of nitrogens with one attached hydrogen (secondary N) is 1. The van der Waals surface area contributed by atoms with Crippen LogP contribution >= 0.6 is 0 Å². The average Bonchev–Trinajstić information content (AvgIpc) is 2.79. The summed E-state index contributed by atoms with van der Waals surface area (Å²) < 4.78 is 20.1. The predicted molar refractivity (Wildman–Crippen MR) is 131 cm³/mol. The van der Waals surface area contributed by atoms with Crippen molar-refractivity contribution >= 4 is 17.9 Å². The Hall–Kier alpha value is -2.94. The Morgan fingerprint density at radius 2 is 1.91 bits per heavy atom. The van der Waals surface area contributed by atoms with E-state index in [0.717, 1.165) is 0 Å². The standard InChI is InChI=1S/C26H37FN4O4/c1-6-30-21(16-29-12-13-31(18(5)15-29)22(32)14-17(3)4)23(25(33)35-7-2)24(28-26(30)34)19-10-8-9-11-20(19)27/h8-11,17-18,24H,6-7,12-16H2,1-5H3,(H,28,34)/t18-,24-/m1/s1. The largest absolute Gasteiger partial charge is 0.463 e. The van der Waals surface area contributed by atoms with Crippen molar-refractivity contribution in [3.8, 4) is 0 Å². The summed E-state index contributed by atoms with van der Waals surface area (Å²) in [4.78, 5) is 44.4. The van der Waals surface area contributed by atoms with Crippen LogP contribution in [0.4, 0.5) is 9.18 Å². The van der Waals surface area contributed by atoms with Gasteiger partial charge in [-0.15, -0.1) is 0 Å². The molecule has 9 heteroatoms. The molecule has 8 nitrogen and oxygen atoms in total. The van der Waals surface area contributed by atoms with Crippen molar-refractivity contribution in [3.63, 3.8) is 0 Å². The third kappa shape index (κ3) is 6.01. The lowest BCUT2D eigenvalue weighted by Gasteiger charge is -2.43. The van der Waals surface area contributed by atoms with E-state index in [9.17, 15) is 18.8 Å². The van der Waals surface area contributed by atoms with Gasteiger partial charge in [-0.2, -0.15) is 0 Å². The number of urea groups is 1. The van der Waals surface area contributed by atoms with Gasteiger partial charge in [0.05, 0.1) is 18.2 Å². The van der Waals surface area contributed by atoms with Crippen molar-refractivity contribution in [2.24, 2.45) is 5.92 Å². The molecule has 2 aliphatic rings. The number of benzene rings is 1. The maximum atomic E-state index is 14.8. The van der Waals surface area contributed by atoms with E-state index < -0.39 is 17.8 Å². The first-order chi connectivity index (χ1) is 16.7. The Balaban J connectivity index is 1.95. The van der Waals surface area contributed by atoms with Gasteiger partial charge < -0.3 is 15.0 Å². The minimum absolute atomic E-state index is 0.00324. The lowest BCUT2D eigenvalue weighted by atomic mass is 9.93. The van der Waals surface area contributed by atoms with Crippen molar-refractivity contribution in [1.29, 1.82) is 0 Å². The Morgan fingerprint density at radius 3 is 2.51 bits per heavy atom. The molecule has 0 bridgehead atoms. The number of piperazine rings is 1. The molecular weight excluding hydrogens is 451 g/mol. The summed E-state index contributed by atoms with van der Waals surface area (Å²) in [5.74, 6) is -0.646. The number of amides is 3. The van der Waals surface area contributed by atoms with Crippen molar-refractivity contribution < 1.29 is 23.5 Å². The minimum Gasteiger partial charge on any atom is -0.463 e. The van der Waals surface area contributed by atoms with Crippen molar-refractivity contribution in [1.82, 2.24) is 20.0 Å². The summed E-state index contributed by atoms with van der Waals surface area (Å²) in [6.07, 6.45) is 0.511. The molecule has 0 aromatic heterocycles. The van der Waals surface area contributed by atoms with Gasteiger partial charge >= 0.3 is 12.0 Å². The average molecular weight is 489 g/mol. The van der Waals surface area contributed by atoms with Crippen LogP contribution in [-0.4, -0.2) is 78.0 Å². The van der Waals surface area contributed by atoms with Gasteiger partial charge in [-0.1, -0.05) is 32.0 Å². The van der Waals surface area contributed by atoms with Gasteiger partial charge in [0, 0.05) is 56.4 Å². The fourth-order valence-electron chi connectivity index (χ4n) is 4.83. The Bertz CT molecular complexity index is 980. The molecule has 2 atom stereocenters. The minimum atomic E-state index is -0.952. The second-order valence-corrected chi connectivity index (χ2v) is 9.50. The van der Waals surface area contributed by atoms with E-state index in [0.29, 0.717) is 50.8 Å². The van der Waals surface area contributed by atoms with Crippen LogP contribution in [0.25, 0.3) is 0 Å². The summed E-state index contributed by atoms with van der Waals surface area (Å²) in [5.41, 5.74) is 0.969. The Kier molecular flexibility index (Phi) is 8.88. The van der Waals surface area contributed by atoms with Gasteiger partial charge in [0.15, 0.2) is 0 Å². The molecule has 3 rings (SSSR count). The number of ether oxygens (including phenoxy) is 1. The number of halogens is 1. The molecule has 2 heterocycles. The first-order valence-electron chi connectivity index (χ1n) is 12.4. The lowest BCUT2D eigenvalue weighted by molar-refractivity contribution is -0.139. The summed E-state index contributed by atoms with van der Waals surface area (Å²) in [6, 6.07) is 4.78. The molecule has 0 spiro atoms. The van der Waals surface area contributed by atoms with Gasteiger partial charge in [-0.05, 0) is 32.8 Å². The van der Waals surface area contributed by atoms with Crippen LogP contribution in [0.15, 0.2) is 35.5 Å². The van der Waals surface area contributed by atoms with Crippen LogP contribution in [0.5, 0.6) is 0 Å². The molecule has 2 aliphatic heterocycles. The number of rotatable bonds is 8. The molecular formula is C26H37FN4O4. The molecule has 0 radical (unpaired) electrons. The third-order valence-electron chi connectivity index (χ3n) is 6.45. The van der Waals surface area contributed by atoms with E-state index in [1.54, 1.807) is 25.1 Å². The van der Waals surface area contributed by atoms with E-state index in [4.69, 9.17) is 4.74 Å². The number of hydrogen-bond acceptors (Lipinski definition) is 5. The van der Waals surface area contributed by atoms with Gasteiger partial charge in [0.2, 0.25) is 5.91 Å². The second kappa shape index (κ2) is 11.7. The van der Waals surface area contributed by atoms with E-state index >= 15 is 0 Å². The SMILES string of the molecule is CCOC(=O)C1=C(CN2CCN(C(=O)CC(C)C)[C@H](C)C2)N(CC)C(=O)N[C@@H]1c1ccccc1F. The van der Waals surface area contributed by atoms with Gasteiger partial charge in [0.25, 0.3) is 0 Å². The lowest BCUT2D eigenvalue weighted by Crippen LogP contribution is -2.56. The molecule has 3 amide bonds. The van der Waals surface area contributed by atoms with Gasteiger partial charge in [0.1, 0.15) is 5.82 Å². The van der Waals surface area contributed by atoms with E-state index in [-0.39, 0.29) is 35.7 Å². The zero-order valence-corrected chi connectivity index (χ0v) is 21.3. The summed E-state index contributed by atoms with van der Waals surface area (Å²) in [5, 5.41) is 2.80. The number of esters is 1.